The van der Waals surface area contributed by atoms with Crippen molar-refractivity contribution in [2.75, 3.05) is 36.5 Å². The molecule has 0 aromatic carbocycles. The standard InChI is InChI=1S/C12H17Cl2N5/c13-9-7-10(14)12(16-11(9)17-15)19-5-3-18(4-6-19)8-1-2-8/h7-8H,1-6,15H2,(H,16,17). The number of nitrogens with two attached hydrogens (primary N) is 1. The molecule has 0 amide bonds. The molecule has 19 heavy (non-hydrogen) atoms. The van der Waals surface area contributed by atoms with Crippen molar-refractivity contribution >= 4 is 34.8 Å². The quantitative estimate of drug-likeness (QED) is 0.660. The number of anilines is 2. The van der Waals surface area contributed by atoms with Gasteiger partial charge in [0, 0.05) is 32.2 Å². The minimum atomic E-state index is 0.438. The molecule has 0 unspecified atom stereocenters. The van der Waals surface area contributed by atoms with Gasteiger partial charge in [-0.1, -0.05) is 23.2 Å². The number of aromatic nitrogens is 1. The molecular formula is C12H17Cl2N5. The van der Waals surface area contributed by atoms with Crippen LogP contribution in [0.2, 0.25) is 10.0 Å². The molecule has 1 aromatic rings. The fraction of sp³-hybridized carbons (Fsp3) is 0.583. The Kier molecular flexibility index (Phi) is 3.71. The number of nitrogen functional groups attached to an aromatic ring is 1. The highest BCUT2D eigenvalue weighted by atomic mass is 35.5. The predicted octanol–water partition coefficient (Wildman–Crippen LogP) is 1.96. The summed E-state index contributed by atoms with van der Waals surface area (Å²) in [5, 5.41) is 1.01. The first-order chi connectivity index (χ1) is 9.19. The minimum Gasteiger partial charge on any atom is -0.353 e. The lowest BCUT2D eigenvalue weighted by Gasteiger charge is -2.36. The molecule has 2 aliphatic rings. The van der Waals surface area contributed by atoms with E-state index in [2.05, 4.69) is 20.2 Å². The molecule has 7 heteroatoms. The first kappa shape index (κ1) is 13.2. The monoisotopic (exact) mass is 301 g/mol. The molecule has 2 heterocycles. The third kappa shape index (κ3) is 2.74. The van der Waals surface area contributed by atoms with Gasteiger partial charge in [-0.15, -0.1) is 0 Å². The highest BCUT2D eigenvalue weighted by molar-refractivity contribution is 6.37. The number of rotatable bonds is 3. The van der Waals surface area contributed by atoms with E-state index in [4.69, 9.17) is 29.0 Å². The number of nitrogens with zero attached hydrogens (tertiary/aromatic N) is 3. The van der Waals surface area contributed by atoms with Crippen LogP contribution in [-0.4, -0.2) is 42.1 Å². The lowest BCUT2D eigenvalue weighted by Crippen LogP contribution is -2.47. The van der Waals surface area contributed by atoms with Crippen LogP contribution in [-0.2, 0) is 0 Å². The largest absolute Gasteiger partial charge is 0.353 e. The lowest BCUT2D eigenvalue weighted by molar-refractivity contribution is 0.247. The van der Waals surface area contributed by atoms with Gasteiger partial charge in [0.2, 0.25) is 0 Å². The van der Waals surface area contributed by atoms with Crippen molar-refractivity contribution in [3.63, 3.8) is 0 Å². The molecule has 0 bridgehead atoms. The normalized spacial score (nSPS) is 20.7. The minimum absolute atomic E-state index is 0.438. The zero-order chi connectivity index (χ0) is 13.4. The van der Waals surface area contributed by atoms with Crippen molar-refractivity contribution in [1.29, 1.82) is 0 Å². The van der Waals surface area contributed by atoms with Crippen molar-refractivity contribution in [3.8, 4) is 0 Å². The molecule has 0 radical (unpaired) electrons. The summed E-state index contributed by atoms with van der Waals surface area (Å²) in [7, 11) is 0. The molecule has 0 spiro atoms. The zero-order valence-corrected chi connectivity index (χ0v) is 12.1. The second kappa shape index (κ2) is 5.32. The van der Waals surface area contributed by atoms with Gasteiger partial charge in [0.25, 0.3) is 0 Å². The molecule has 1 aromatic heterocycles. The van der Waals surface area contributed by atoms with Crippen LogP contribution >= 0.6 is 23.2 Å². The van der Waals surface area contributed by atoms with Crippen LogP contribution in [0, 0.1) is 0 Å². The third-order valence-electron chi connectivity index (χ3n) is 3.72. The van der Waals surface area contributed by atoms with Crippen LogP contribution in [0.5, 0.6) is 0 Å². The second-order valence-corrected chi connectivity index (χ2v) is 5.84. The topological polar surface area (TPSA) is 57.4 Å². The Morgan fingerprint density at radius 2 is 1.84 bits per heavy atom. The van der Waals surface area contributed by atoms with Gasteiger partial charge >= 0.3 is 0 Å². The van der Waals surface area contributed by atoms with Gasteiger partial charge in [-0.05, 0) is 18.9 Å². The van der Waals surface area contributed by atoms with E-state index in [-0.39, 0.29) is 0 Å². The Balaban J connectivity index is 1.75. The molecule has 1 saturated heterocycles. The molecule has 1 aliphatic carbocycles. The Morgan fingerprint density at radius 3 is 2.42 bits per heavy atom. The van der Waals surface area contributed by atoms with Crippen LogP contribution in [0.4, 0.5) is 11.6 Å². The van der Waals surface area contributed by atoms with Crippen LogP contribution in [0.1, 0.15) is 12.8 Å². The highest BCUT2D eigenvalue weighted by Crippen LogP contribution is 2.33. The number of halogens is 2. The summed E-state index contributed by atoms with van der Waals surface area (Å²) in [5.41, 5.74) is 2.50. The Bertz CT molecular complexity index is 469. The number of hydrogen-bond donors (Lipinski definition) is 2. The van der Waals surface area contributed by atoms with Crippen molar-refractivity contribution < 1.29 is 0 Å². The summed E-state index contributed by atoms with van der Waals surface area (Å²) in [6.07, 6.45) is 2.70. The Hall–Kier alpha value is -0.750. The van der Waals surface area contributed by atoms with E-state index in [0.717, 1.165) is 38.0 Å². The Labute approximate surface area is 122 Å². The van der Waals surface area contributed by atoms with E-state index < -0.39 is 0 Å². The fourth-order valence-electron chi connectivity index (χ4n) is 2.52. The number of piperazine rings is 1. The van der Waals surface area contributed by atoms with Gasteiger partial charge in [0.1, 0.15) is 5.82 Å². The van der Waals surface area contributed by atoms with E-state index in [0.29, 0.717) is 15.9 Å². The average Bonchev–Trinajstić information content (AvgIpc) is 3.24. The van der Waals surface area contributed by atoms with E-state index in [1.807, 2.05) is 0 Å². The lowest BCUT2D eigenvalue weighted by atomic mass is 10.3. The van der Waals surface area contributed by atoms with E-state index in [1.165, 1.54) is 12.8 Å². The SMILES string of the molecule is NNc1nc(N2CCN(C3CC3)CC2)c(Cl)cc1Cl. The zero-order valence-electron chi connectivity index (χ0n) is 10.6. The Morgan fingerprint density at radius 1 is 1.16 bits per heavy atom. The average molecular weight is 302 g/mol. The molecule has 3 rings (SSSR count). The van der Waals surface area contributed by atoms with Gasteiger partial charge in [0.05, 0.1) is 10.0 Å². The molecule has 1 saturated carbocycles. The summed E-state index contributed by atoms with van der Waals surface area (Å²) in [6, 6.07) is 2.51. The summed E-state index contributed by atoms with van der Waals surface area (Å²) >= 11 is 12.2. The smallest absolute Gasteiger partial charge is 0.161 e. The van der Waals surface area contributed by atoms with E-state index in [9.17, 15) is 0 Å². The van der Waals surface area contributed by atoms with Gasteiger partial charge in [-0.2, -0.15) is 0 Å². The molecule has 0 atom stereocenters. The molecular weight excluding hydrogens is 285 g/mol. The number of hydrogen-bond acceptors (Lipinski definition) is 5. The first-order valence-corrected chi connectivity index (χ1v) is 7.26. The predicted molar refractivity (Wildman–Crippen MR) is 78.9 cm³/mol. The van der Waals surface area contributed by atoms with Crippen LogP contribution in [0.3, 0.4) is 0 Å². The summed E-state index contributed by atoms with van der Waals surface area (Å²) in [4.78, 5) is 9.14. The summed E-state index contributed by atoms with van der Waals surface area (Å²) in [6.45, 7) is 4.01. The fourth-order valence-corrected chi connectivity index (χ4v) is 3.05. The highest BCUT2D eigenvalue weighted by Gasteiger charge is 2.31. The van der Waals surface area contributed by atoms with Crippen molar-refractivity contribution in [2.45, 2.75) is 18.9 Å². The molecule has 2 fully saturated rings. The maximum atomic E-state index is 6.23. The van der Waals surface area contributed by atoms with Crippen molar-refractivity contribution in [2.24, 2.45) is 5.84 Å². The van der Waals surface area contributed by atoms with Gasteiger partial charge in [-0.3, -0.25) is 4.90 Å². The summed E-state index contributed by atoms with van der Waals surface area (Å²) < 4.78 is 0. The number of pyridine rings is 1. The maximum absolute atomic E-state index is 6.23. The third-order valence-corrected chi connectivity index (χ3v) is 4.29. The molecule has 1 aliphatic heterocycles. The molecule has 3 N–H and O–H groups in total. The van der Waals surface area contributed by atoms with Gasteiger partial charge in [-0.25, -0.2) is 10.8 Å². The van der Waals surface area contributed by atoms with E-state index >= 15 is 0 Å². The first-order valence-electron chi connectivity index (χ1n) is 6.50. The number of hydrazine groups is 1. The maximum Gasteiger partial charge on any atom is 0.161 e. The van der Waals surface area contributed by atoms with E-state index in [1.54, 1.807) is 6.07 Å². The number of nitrogens with one attached hydrogen (secondary N) is 1. The molecule has 5 nitrogen and oxygen atoms in total. The van der Waals surface area contributed by atoms with Crippen molar-refractivity contribution in [1.82, 2.24) is 9.88 Å². The molecule has 104 valence electrons. The van der Waals surface area contributed by atoms with Crippen LogP contribution in [0.25, 0.3) is 0 Å². The van der Waals surface area contributed by atoms with Crippen LogP contribution in [0.15, 0.2) is 6.07 Å². The van der Waals surface area contributed by atoms with Crippen molar-refractivity contribution in [3.05, 3.63) is 16.1 Å². The second-order valence-electron chi connectivity index (χ2n) is 5.02. The summed E-state index contributed by atoms with van der Waals surface area (Å²) in [5.74, 6) is 6.62. The van der Waals surface area contributed by atoms with Gasteiger partial charge < -0.3 is 10.3 Å². The van der Waals surface area contributed by atoms with Gasteiger partial charge in [0.15, 0.2) is 5.82 Å². The van der Waals surface area contributed by atoms with Crippen LogP contribution < -0.4 is 16.2 Å².